The van der Waals surface area contributed by atoms with Crippen LogP contribution in [0.4, 0.5) is 0 Å². The molecule has 16 heavy (non-hydrogen) atoms. The van der Waals surface area contributed by atoms with Crippen molar-refractivity contribution in [1.29, 1.82) is 0 Å². The molecule has 1 fully saturated rings. The molecule has 1 aliphatic rings. The van der Waals surface area contributed by atoms with Crippen LogP contribution >= 0.6 is 0 Å². The van der Waals surface area contributed by atoms with Crippen molar-refractivity contribution >= 4 is 11.9 Å². The van der Waals surface area contributed by atoms with E-state index in [4.69, 9.17) is 10.5 Å². The molecule has 1 aliphatic heterocycles. The summed E-state index contributed by atoms with van der Waals surface area (Å²) in [5.41, 5.74) is 5.27. The van der Waals surface area contributed by atoms with Gasteiger partial charge < -0.3 is 15.4 Å². The van der Waals surface area contributed by atoms with E-state index < -0.39 is 5.60 Å². The van der Waals surface area contributed by atoms with Crippen molar-refractivity contribution in [3.8, 4) is 0 Å². The lowest BCUT2D eigenvalue weighted by molar-refractivity contribution is -0.159. The van der Waals surface area contributed by atoms with Gasteiger partial charge in [0.1, 0.15) is 5.60 Å². The SMILES string of the molecule is CN=C(N)N1CCC(C(=O)OC(C)(C)C)C1. The Kier molecular flexibility index (Phi) is 3.78. The number of esters is 1. The quantitative estimate of drug-likeness (QED) is 0.404. The summed E-state index contributed by atoms with van der Waals surface area (Å²) in [5.74, 6) is 0.268. The molecule has 0 bridgehead atoms. The first-order chi connectivity index (χ1) is 7.33. The van der Waals surface area contributed by atoms with E-state index in [1.165, 1.54) is 0 Å². The molecule has 0 radical (unpaired) electrons. The van der Waals surface area contributed by atoms with Gasteiger partial charge in [-0.1, -0.05) is 0 Å². The maximum absolute atomic E-state index is 11.8. The van der Waals surface area contributed by atoms with Gasteiger partial charge in [-0.3, -0.25) is 9.79 Å². The largest absolute Gasteiger partial charge is 0.460 e. The van der Waals surface area contributed by atoms with Gasteiger partial charge >= 0.3 is 5.97 Å². The lowest BCUT2D eigenvalue weighted by atomic mass is 10.1. The molecule has 92 valence electrons. The van der Waals surface area contributed by atoms with E-state index in [9.17, 15) is 4.79 Å². The minimum absolute atomic E-state index is 0.0838. The van der Waals surface area contributed by atoms with E-state index in [-0.39, 0.29) is 11.9 Å². The van der Waals surface area contributed by atoms with Gasteiger partial charge in [0.25, 0.3) is 0 Å². The van der Waals surface area contributed by atoms with Crippen LogP contribution in [0.25, 0.3) is 0 Å². The summed E-state index contributed by atoms with van der Waals surface area (Å²) in [6, 6.07) is 0. The van der Waals surface area contributed by atoms with Gasteiger partial charge in [0.2, 0.25) is 0 Å². The molecule has 0 amide bonds. The highest BCUT2D eigenvalue weighted by molar-refractivity contribution is 5.80. The molecular weight excluding hydrogens is 206 g/mol. The summed E-state index contributed by atoms with van der Waals surface area (Å²) in [7, 11) is 1.65. The van der Waals surface area contributed by atoms with Gasteiger partial charge in [-0.2, -0.15) is 0 Å². The topological polar surface area (TPSA) is 67.9 Å². The van der Waals surface area contributed by atoms with Gasteiger partial charge in [0, 0.05) is 20.1 Å². The molecule has 1 unspecified atom stereocenters. The summed E-state index contributed by atoms with van der Waals surface area (Å²) < 4.78 is 5.34. The van der Waals surface area contributed by atoms with Crippen LogP contribution in [-0.4, -0.2) is 42.6 Å². The lowest BCUT2D eigenvalue weighted by Gasteiger charge is -2.22. The van der Waals surface area contributed by atoms with Crippen LogP contribution in [0.3, 0.4) is 0 Å². The molecule has 0 aromatic heterocycles. The van der Waals surface area contributed by atoms with Crippen LogP contribution in [0, 0.1) is 5.92 Å². The number of guanidine groups is 1. The second-order valence-corrected chi connectivity index (χ2v) is 5.05. The lowest BCUT2D eigenvalue weighted by Crippen LogP contribution is -2.37. The van der Waals surface area contributed by atoms with Crippen LogP contribution in [0.1, 0.15) is 27.2 Å². The average Bonchev–Trinajstić information content (AvgIpc) is 2.62. The van der Waals surface area contributed by atoms with Crippen LogP contribution in [0.15, 0.2) is 4.99 Å². The zero-order valence-electron chi connectivity index (χ0n) is 10.5. The Morgan fingerprint density at radius 2 is 2.12 bits per heavy atom. The van der Waals surface area contributed by atoms with Crippen LogP contribution in [0.5, 0.6) is 0 Å². The van der Waals surface area contributed by atoms with Gasteiger partial charge in [-0.25, -0.2) is 0 Å². The fraction of sp³-hybridized carbons (Fsp3) is 0.818. The Morgan fingerprint density at radius 1 is 1.50 bits per heavy atom. The molecule has 0 saturated carbocycles. The molecule has 1 saturated heterocycles. The predicted molar refractivity (Wildman–Crippen MR) is 63.1 cm³/mol. The van der Waals surface area contributed by atoms with Crippen molar-refractivity contribution in [1.82, 2.24) is 4.90 Å². The second-order valence-electron chi connectivity index (χ2n) is 5.05. The highest BCUT2D eigenvalue weighted by Gasteiger charge is 2.32. The van der Waals surface area contributed by atoms with E-state index in [1.54, 1.807) is 7.05 Å². The maximum atomic E-state index is 11.8. The van der Waals surface area contributed by atoms with Gasteiger partial charge in [0.05, 0.1) is 5.92 Å². The minimum Gasteiger partial charge on any atom is -0.460 e. The monoisotopic (exact) mass is 227 g/mol. The summed E-state index contributed by atoms with van der Waals surface area (Å²) in [6.45, 7) is 7.00. The third-order valence-corrected chi connectivity index (χ3v) is 2.48. The Balaban J connectivity index is 2.50. The number of nitrogens with two attached hydrogens (primary N) is 1. The van der Waals surface area contributed by atoms with Crippen molar-refractivity contribution in [2.45, 2.75) is 32.8 Å². The number of aliphatic imine (C=N–C) groups is 1. The van der Waals surface area contributed by atoms with Crippen molar-refractivity contribution in [2.24, 2.45) is 16.6 Å². The Labute approximate surface area is 96.7 Å². The maximum Gasteiger partial charge on any atom is 0.311 e. The van der Waals surface area contributed by atoms with Crippen molar-refractivity contribution < 1.29 is 9.53 Å². The van der Waals surface area contributed by atoms with Gasteiger partial charge in [-0.15, -0.1) is 0 Å². The zero-order chi connectivity index (χ0) is 12.3. The number of carbonyl (C=O) groups is 1. The molecule has 1 atom stereocenters. The number of carbonyl (C=O) groups excluding carboxylic acids is 1. The number of hydrogen-bond acceptors (Lipinski definition) is 3. The fourth-order valence-corrected chi connectivity index (χ4v) is 1.69. The average molecular weight is 227 g/mol. The number of rotatable bonds is 1. The van der Waals surface area contributed by atoms with Crippen LogP contribution < -0.4 is 5.73 Å². The summed E-state index contributed by atoms with van der Waals surface area (Å²) in [4.78, 5) is 17.6. The standard InChI is InChI=1S/C11H21N3O2/c1-11(2,3)16-9(15)8-5-6-14(7-8)10(12)13-4/h8H,5-7H2,1-4H3,(H2,12,13). The molecule has 5 heteroatoms. The molecule has 1 heterocycles. The first-order valence-corrected chi connectivity index (χ1v) is 5.53. The molecule has 1 rings (SSSR count). The first kappa shape index (κ1) is 12.8. The van der Waals surface area contributed by atoms with Crippen LogP contribution in [0.2, 0.25) is 0 Å². The predicted octanol–water partition coefficient (Wildman–Crippen LogP) is 0.594. The minimum atomic E-state index is -0.422. The Morgan fingerprint density at radius 3 is 2.62 bits per heavy atom. The highest BCUT2D eigenvalue weighted by Crippen LogP contribution is 2.20. The molecular formula is C11H21N3O2. The van der Waals surface area contributed by atoms with Crippen LogP contribution in [-0.2, 0) is 9.53 Å². The van der Waals surface area contributed by atoms with Crippen molar-refractivity contribution in [3.05, 3.63) is 0 Å². The van der Waals surface area contributed by atoms with E-state index in [1.807, 2.05) is 25.7 Å². The van der Waals surface area contributed by atoms with Crippen molar-refractivity contribution in [3.63, 3.8) is 0 Å². The third-order valence-electron chi connectivity index (χ3n) is 2.48. The normalized spacial score (nSPS) is 22.4. The number of ether oxygens (including phenoxy) is 1. The number of likely N-dealkylation sites (tertiary alicyclic amines) is 1. The van der Waals surface area contributed by atoms with E-state index in [0.29, 0.717) is 12.5 Å². The second kappa shape index (κ2) is 4.72. The molecule has 2 N–H and O–H groups in total. The first-order valence-electron chi connectivity index (χ1n) is 5.53. The smallest absolute Gasteiger partial charge is 0.311 e. The van der Waals surface area contributed by atoms with E-state index >= 15 is 0 Å². The van der Waals surface area contributed by atoms with E-state index in [2.05, 4.69) is 4.99 Å². The van der Waals surface area contributed by atoms with Gasteiger partial charge in [-0.05, 0) is 27.2 Å². The van der Waals surface area contributed by atoms with E-state index in [0.717, 1.165) is 13.0 Å². The molecule has 0 aromatic rings. The number of nitrogens with zero attached hydrogens (tertiary/aromatic N) is 2. The summed E-state index contributed by atoms with van der Waals surface area (Å²) >= 11 is 0. The third kappa shape index (κ3) is 3.40. The highest BCUT2D eigenvalue weighted by atomic mass is 16.6. The summed E-state index contributed by atoms with van der Waals surface area (Å²) in [6.07, 6.45) is 0.783. The van der Waals surface area contributed by atoms with Gasteiger partial charge in [0.15, 0.2) is 5.96 Å². The number of hydrogen-bond donors (Lipinski definition) is 1. The molecule has 5 nitrogen and oxygen atoms in total. The molecule has 0 aliphatic carbocycles. The zero-order valence-corrected chi connectivity index (χ0v) is 10.5. The van der Waals surface area contributed by atoms with Crippen molar-refractivity contribution in [2.75, 3.05) is 20.1 Å². The fourth-order valence-electron chi connectivity index (χ4n) is 1.69. The molecule has 0 spiro atoms. The molecule has 0 aromatic carbocycles. The summed E-state index contributed by atoms with van der Waals surface area (Å²) in [5, 5.41) is 0. The Bertz CT molecular complexity index is 294. The Hall–Kier alpha value is -1.26.